The van der Waals surface area contributed by atoms with E-state index in [1.54, 1.807) is 7.48 Å². The highest BCUT2D eigenvalue weighted by atomic mass is 32.2. The number of carbonyl (C=O) groups excluding carboxylic acids is 2. The Kier molecular flexibility index (Phi) is 11.8. The van der Waals surface area contributed by atoms with Gasteiger partial charge in [0, 0.05) is 42.7 Å². The number of nitrogens with zero attached hydrogens (tertiary/aromatic N) is 2. The summed E-state index contributed by atoms with van der Waals surface area (Å²) in [7, 11) is 0.335. The SMILES string of the molecule is CC(=O)NC(CCCC[B]OC(C)(C)C(C)(C)P)(C(=O)NC(C)(C)C)C1CCN(S(=O)(=O)c2ccccc2[N+](=O)[O-])C1. The summed E-state index contributed by atoms with van der Waals surface area (Å²) in [4.78, 5) is 36.9. The molecule has 42 heavy (non-hydrogen) atoms. The van der Waals surface area contributed by atoms with Crippen molar-refractivity contribution in [2.75, 3.05) is 13.1 Å². The molecule has 1 fully saturated rings. The fourth-order valence-corrected chi connectivity index (χ4v) is 6.58. The van der Waals surface area contributed by atoms with Crippen LogP contribution in [0.5, 0.6) is 0 Å². The predicted octanol–water partition coefficient (Wildman–Crippen LogP) is 4.05. The molecule has 2 N–H and O–H groups in total. The minimum Gasteiger partial charge on any atom is -0.435 e. The molecule has 1 aliphatic heterocycles. The summed E-state index contributed by atoms with van der Waals surface area (Å²) in [6.07, 6.45) is 2.46. The number of sulfonamides is 1. The van der Waals surface area contributed by atoms with Crippen molar-refractivity contribution < 1.29 is 27.6 Å². The molecule has 14 heteroatoms. The first kappa shape index (κ1) is 36.1. The molecule has 3 atom stereocenters. The van der Waals surface area contributed by atoms with Gasteiger partial charge in [-0.25, -0.2) is 8.42 Å². The predicted molar refractivity (Wildman–Crippen MR) is 168 cm³/mol. The molecule has 0 saturated carbocycles. The van der Waals surface area contributed by atoms with Gasteiger partial charge in [0.1, 0.15) is 5.54 Å². The Bertz CT molecular complexity index is 1250. The van der Waals surface area contributed by atoms with Crippen LogP contribution in [0.15, 0.2) is 29.2 Å². The summed E-state index contributed by atoms with van der Waals surface area (Å²) in [5.41, 5.74) is -2.90. The standard InChI is InChI=1S/C28H47BN4O7PS/c1-20(34)30-28(24(35)31-25(2,3)4,16-11-12-17-29-40-26(5,6)27(7,8)41)21-15-18-32(19-21)42(38,39)23-14-10-9-13-22(23)33(36)37/h9-10,13-14,21H,11-12,15-19,41H2,1-8H3,(H,30,34)(H,31,35). The van der Waals surface area contributed by atoms with Gasteiger partial charge in [0.25, 0.3) is 13.2 Å². The van der Waals surface area contributed by atoms with Crippen LogP contribution in [0, 0.1) is 16.0 Å². The van der Waals surface area contributed by atoms with Gasteiger partial charge in [0.05, 0.1) is 10.5 Å². The molecule has 2 amide bonds. The number of unbranched alkanes of at least 4 members (excludes halogenated alkanes) is 1. The van der Waals surface area contributed by atoms with Crippen LogP contribution in [-0.2, 0) is 24.3 Å². The van der Waals surface area contributed by atoms with Gasteiger partial charge in [-0.3, -0.25) is 19.7 Å². The number of nitro benzene ring substituents is 1. The third kappa shape index (κ3) is 8.97. The van der Waals surface area contributed by atoms with Gasteiger partial charge in [-0.2, -0.15) is 4.31 Å². The van der Waals surface area contributed by atoms with Crippen molar-refractivity contribution in [2.24, 2.45) is 5.92 Å². The molecule has 11 nitrogen and oxygen atoms in total. The van der Waals surface area contributed by atoms with Crippen LogP contribution in [0.25, 0.3) is 0 Å². The van der Waals surface area contributed by atoms with Crippen LogP contribution >= 0.6 is 9.24 Å². The van der Waals surface area contributed by atoms with Crippen LogP contribution in [0.1, 0.15) is 81.1 Å². The van der Waals surface area contributed by atoms with Crippen molar-refractivity contribution in [2.45, 2.75) is 114 Å². The molecule has 0 aromatic heterocycles. The van der Waals surface area contributed by atoms with Crippen molar-refractivity contribution in [1.29, 1.82) is 0 Å². The smallest absolute Gasteiger partial charge is 0.293 e. The molecule has 0 spiro atoms. The average Bonchev–Trinajstić information content (AvgIpc) is 3.35. The number of para-hydroxylation sites is 1. The third-order valence-electron chi connectivity index (χ3n) is 7.89. The molecule has 0 aliphatic carbocycles. The van der Waals surface area contributed by atoms with Gasteiger partial charge in [-0.15, -0.1) is 9.24 Å². The van der Waals surface area contributed by atoms with Gasteiger partial charge in [0.2, 0.25) is 21.8 Å². The fraction of sp³-hybridized carbons (Fsp3) is 0.714. The maximum Gasteiger partial charge on any atom is 0.293 e. The Morgan fingerprint density at radius 1 is 1.12 bits per heavy atom. The first-order valence-electron chi connectivity index (χ1n) is 14.3. The molecule has 2 rings (SSSR count). The largest absolute Gasteiger partial charge is 0.435 e. The zero-order valence-electron chi connectivity index (χ0n) is 26.2. The minimum atomic E-state index is -4.23. The maximum absolute atomic E-state index is 13.9. The van der Waals surface area contributed by atoms with Crippen molar-refractivity contribution in [3.8, 4) is 0 Å². The average molecular weight is 626 g/mol. The summed E-state index contributed by atoms with van der Waals surface area (Å²) < 4.78 is 34.3. The molecule has 1 aliphatic rings. The molecular formula is C28H47BN4O7PS. The number of hydrogen-bond acceptors (Lipinski definition) is 7. The summed E-state index contributed by atoms with van der Waals surface area (Å²) >= 11 is 0. The fourth-order valence-electron chi connectivity index (χ4n) is 4.86. The first-order valence-corrected chi connectivity index (χ1v) is 16.3. The lowest BCUT2D eigenvalue weighted by Gasteiger charge is -2.40. The summed E-state index contributed by atoms with van der Waals surface area (Å²) in [6, 6.07) is 5.22. The number of carbonyl (C=O) groups is 2. The normalized spacial score (nSPS) is 18.3. The van der Waals surface area contributed by atoms with E-state index in [2.05, 4.69) is 33.7 Å². The number of rotatable bonds is 14. The molecule has 1 saturated heterocycles. The molecule has 1 aromatic carbocycles. The monoisotopic (exact) mass is 625 g/mol. The van der Waals surface area contributed by atoms with Crippen LogP contribution < -0.4 is 10.6 Å². The van der Waals surface area contributed by atoms with Gasteiger partial charge >= 0.3 is 0 Å². The number of nitro groups is 1. The van der Waals surface area contributed by atoms with E-state index in [4.69, 9.17) is 4.65 Å². The van der Waals surface area contributed by atoms with E-state index in [1.807, 2.05) is 34.6 Å². The van der Waals surface area contributed by atoms with Crippen LogP contribution in [0.2, 0.25) is 6.32 Å². The number of amides is 2. The third-order valence-corrected chi connectivity index (χ3v) is 10.5. The molecule has 0 bridgehead atoms. The molecule has 1 heterocycles. The van der Waals surface area contributed by atoms with E-state index in [0.717, 1.165) is 6.07 Å². The second-order valence-corrected chi connectivity index (χ2v) is 16.5. The zero-order valence-corrected chi connectivity index (χ0v) is 28.1. The van der Waals surface area contributed by atoms with Crippen LogP contribution in [-0.4, -0.2) is 71.9 Å². The highest BCUT2D eigenvalue weighted by Crippen LogP contribution is 2.37. The van der Waals surface area contributed by atoms with Crippen molar-refractivity contribution >= 4 is 44.2 Å². The maximum atomic E-state index is 13.9. The molecule has 1 radical (unpaired) electrons. The lowest BCUT2D eigenvalue weighted by Crippen LogP contribution is -2.65. The zero-order chi connectivity index (χ0) is 32.1. The quantitative estimate of drug-likeness (QED) is 0.104. The first-order chi connectivity index (χ1) is 19.1. The van der Waals surface area contributed by atoms with Gasteiger partial charge in [0.15, 0.2) is 4.90 Å². The van der Waals surface area contributed by atoms with Crippen LogP contribution in [0.4, 0.5) is 5.69 Å². The second kappa shape index (κ2) is 13.7. The van der Waals surface area contributed by atoms with E-state index in [9.17, 15) is 28.1 Å². The lowest BCUT2D eigenvalue weighted by molar-refractivity contribution is -0.387. The van der Waals surface area contributed by atoms with Gasteiger partial charge in [-0.1, -0.05) is 45.1 Å². The van der Waals surface area contributed by atoms with Crippen LogP contribution in [0.3, 0.4) is 0 Å². The van der Waals surface area contributed by atoms with Crippen molar-refractivity contribution in [1.82, 2.24) is 14.9 Å². The van der Waals surface area contributed by atoms with E-state index in [0.29, 0.717) is 25.6 Å². The van der Waals surface area contributed by atoms with E-state index < -0.39 is 54.0 Å². The lowest BCUT2D eigenvalue weighted by atomic mass is 9.76. The Morgan fingerprint density at radius 3 is 2.29 bits per heavy atom. The minimum absolute atomic E-state index is 0.0602. The van der Waals surface area contributed by atoms with Crippen molar-refractivity contribution in [3.05, 3.63) is 34.4 Å². The second-order valence-electron chi connectivity index (χ2n) is 13.2. The van der Waals surface area contributed by atoms with Gasteiger partial charge < -0.3 is 15.3 Å². The Morgan fingerprint density at radius 2 is 1.74 bits per heavy atom. The molecule has 3 unspecified atom stereocenters. The van der Waals surface area contributed by atoms with Crippen molar-refractivity contribution in [3.63, 3.8) is 0 Å². The Labute approximate surface area is 254 Å². The van der Waals surface area contributed by atoms with E-state index in [1.165, 1.54) is 29.4 Å². The Hall–Kier alpha value is -2.08. The number of nitrogens with one attached hydrogen (secondary N) is 2. The number of hydrogen-bond donors (Lipinski definition) is 2. The Balaban J connectivity index is 2.32. The van der Waals surface area contributed by atoms with E-state index >= 15 is 0 Å². The summed E-state index contributed by atoms with van der Waals surface area (Å²) in [5, 5.41) is 17.3. The topological polar surface area (TPSA) is 148 Å². The van der Waals surface area contributed by atoms with Gasteiger partial charge in [-0.05, 0) is 53.5 Å². The van der Waals surface area contributed by atoms with E-state index in [-0.39, 0.29) is 30.6 Å². The highest BCUT2D eigenvalue weighted by Gasteiger charge is 2.51. The number of benzene rings is 1. The molecule has 235 valence electrons. The summed E-state index contributed by atoms with van der Waals surface area (Å²) in [5.74, 6) is -1.34. The highest BCUT2D eigenvalue weighted by molar-refractivity contribution is 7.89. The summed E-state index contributed by atoms with van der Waals surface area (Å²) in [6.45, 7) is 15.0. The molecule has 1 aromatic rings. The molecular weight excluding hydrogens is 578 g/mol.